The summed E-state index contributed by atoms with van der Waals surface area (Å²) in [5.41, 5.74) is 3.05. The lowest BCUT2D eigenvalue weighted by Gasteiger charge is -2.03. The summed E-state index contributed by atoms with van der Waals surface area (Å²) in [6, 6.07) is 9.82. The standard InChI is InChI=1S/C16H14O4S/c1-10-2-4-11(5-3-10)8-12-6-7-21-15(12)13(17)9-14(18)16(19)20/h2-7,9,18H,8H2,1H3,(H,19,20). The molecule has 0 fully saturated rings. The number of carboxylic acid groups (broad SMARTS) is 1. The number of thiophene rings is 1. The lowest BCUT2D eigenvalue weighted by atomic mass is 10.0. The van der Waals surface area contributed by atoms with Crippen LogP contribution < -0.4 is 0 Å². The first-order chi connectivity index (χ1) is 9.97. The van der Waals surface area contributed by atoms with Crippen LogP contribution in [0.4, 0.5) is 0 Å². The Morgan fingerprint density at radius 2 is 1.81 bits per heavy atom. The number of carbonyl (C=O) groups is 2. The van der Waals surface area contributed by atoms with E-state index < -0.39 is 17.5 Å². The SMILES string of the molecule is Cc1ccc(Cc2ccsc2C(=O)C=C(O)C(=O)O)cc1. The Morgan fingerprint density at radius 3 is 2.43 bits per heavy atom. The summed E-state index contributed by atoms with van der Waals surface area (Å²) < 4.78 is 0. The van der Waals surface area contributed by atoms with Crippen LogP contribution in [0.25, 0.3) is 0 Å². The van der Waals surface area contributed by atoms with Gasteiger partial charge in [0.05, 0.1) is 4.88 Å². The van der Waals surface area contributed by atoms with Crippen molar-refractivity contribution in [2.75, 3.05) is 0 Å². The number of carbonyl (C=O) groups excluding carboxylic acids is 1. The molecule has 0 aliphatic carbocycles. The van der Waals surface area contributed by atoms with E-state index in [1.54, 1.807) is 5.38 Å². The van der Waals surface area contributed by atoms with Gasteiger partial charge in [-0.3, -0.25) is 4.79 Å². The highest BCUT2D eigenvalue weighted by atomic mass is 32.1. The van der Waals surface area contributed by atoms with E-state index in [1.165, 1.54) is 11.3 Å². The molecule has 1 aromatic carbocycles. The molecule has 0 amide bonds. The number of aliphatic carboxylic acids is 1. The smallest absolute Gasteiger partial charge is 0.371 e. The molecule has 0 bridgehead atoms. The molecule has 4 nitrogen and oxygen atoms in total. The second kappa shape index (κ2) is 6.37. The summed E-state index contributed by atoms with van der Waals surface area (Å²) in [6.07, 6.45) is 1.33. The third kappa shape index (κ3) is 3.79. The van der Waals surface area contributed by atoms with Gasteiger partial charge in [-0.2, -0.15) is 0 Å². The van der Waals surface area contributed by atoms with Gasteiger partial charge < -0.3 is 10.2 Å². The predicted octanol–water partition coefficient (Wildman–Crippen LogP) is 3.36. The highest BCUT2D eigenvalue weighted by Crippen LogP contribution is 2.22. The molecular formula is C16H14O4S. The molecular weight excluding hydrogens is 288 g/mol. The zero-order valence-electron chi connectivity index (χ0n) is 11.4. The molecule has 0 saturated heterocycles. The van der Waals surface area contributed by atoms with Crippen molar-refractivity contribution in [3.8, 4) is 0 Å². The van der Waals surface area contributed by atoms with Gasteiger partial charge in [0.2, 0.25) is 5.76 Å². The maximum Gasteiger partial charge on any atom is 0.371 e. The second-order valence-electron chi connectivity index (χ2n) is 4.64. The minimum Gasteiger partial charge on any atom is -0.502 e. The molecule has 0 aliphatic rings. The van der Waals surface area contributed by atoms with Crippen LogP contribution in [0.5, 0.6) is 0 Å². The molecule has 2 aromatic rings. The van der Waals surface area contributed by atoms with E-state index in [2.05, 4.69) is 0 Å². The summed E-state index contributed by atoms with van der Waals surface area (Å²) in [7, 11) is 0. The monoisotopic (exact) mass is 302 g/mol. The van der Waals surface area contributed by atoms with Crippen molar-refractivity contribution >= 4 is 23.1 Å². The van der Waals surface area contributed by atoms with Crippen molar-refractivity contribution in [1.29, 1.82) is 0 Å². The number of benzene rings is 1. The Bertz CT molecular complexity index is 695. The highest BCUT2D eigenvalue weighted by Gasteiger charge is 2.14. The fourth-order valence-corrected chi connectivity index (χ4v) is 2.70. The lowest BCUT2D eigenvalue weighted by molar-refractivity contribution is -0.135. The summed E-state index contributed by atoms with van der Waals surface area (Å²) >= 11 is 1.24. The quantitative estimate of drug-likeness (QED) is 0.504. The van der Waals surface area contributed by atoms with Gasteiger partial charge in [-0.05, 0) is 35.9 Å². The third-order valence-electron chi connectivity index (χ3n) is 2.97. The Labute approximate surface area is 126 Å². The fraction of sp³-hybridized carbons (Fsp3) is 0.125. The van der Waals surface area contributed by atoms with Gasteiger partial charge in [0.15, 0.2) is 5.78 Å². The summed E-state index contributed by atoms with van der Waals surface area (Å²) in [5, 5.41) is 19.5. The highest BCUT2D eigenvalue weighted by molar-refractivity contribution is 7.12. The van der Waals surface area contributed by atoms with E-state index in [4.69, 9.17) is 10.2 Å². The molecule has 2 N–H and O–H groups in total. The van der Waals surface area contributed by atoms with E-state index in [1.807, 2.05) is 37.3 Å². The molecule has 5 heteroatoms. The number of allylic oxidation sites excluding steroid dienone is 1. The molecule has 108 valence electrons. The number of ketones is 1. The van der Waals surface area contributed by atoms with Gasteiger partial charge in [-0.1, -0.05) is 29.8 Å². The van der Waals surface area contributed by atoms with Gasteiger partial charge in [-0.15, -0.1) is 11.3 Å². The number of aliphatic hydroxyl groups excluding tert-OH is 1. The Hall–Kier alpha value is -2.40. The molecule has 0 atom stereocenters. The molecule has 2 rings (SSSR count). The predicted molar refractivity (Wildman–Crippen MR) is 81.0 cm³/mol. The number of hydrogen-bond donors (Lipinski definition) is 2. The van der Waals surface area contributed by atoms with Crippen LogP contribution in [-0.2, 0) is 11.2 Å². The number of rotatable bonds is 5. The summed E-state index contributed by atoms with van der Waals surface area (Å²) in [4.78, 5) is 23.0. The van der Waals surface area contributed by atoms with Gasteiger partial charge in [0.25, 0.3) is 0 Å². The van der Waals surface area contributed by atoms with Gasteiger partial charge in [0, 0.05) is 6.08 Å². The number of aryl methyl sites for hydroxylation is 1. The number of hydrogen-bond acceptors (Lipinski definition) is 4. The maximum absolute atomic E-state index is 12.0. The largest absolute Gasteiger partial charge is 0.502 e. The average molecular weight is 302 g/mol. The van der Waals surface area contributed by atoms with Crippen molar-refractivity contribution < 1.29 is 19.8 Å². The van der Waals surface area contributed by atoms with Crippen LogP contribution >= 0.6 is 11.3 Å². The van der Waals surface area contributed by atoms with E-state index in [-0.39, 0.29) is 0 Å². The van der Waals surface area contributed by atoms with Crippen LogP contribution in [0.2, 0.25) is 0 Å². The van der Waals surface area contributed by atoms with Gasteiger partial charge >= 0.3 is 5.97 Å². The first-order valence-corrected chi connectivity index (χ1v) is 7.15. The van der Waals surface area contributed by atoms with Gasteiger partial charge in [0.1, 0.15) is 0 Å². The topological polar surface area (TPSA) is 74.6 Å². The normalized spacial score (nSPS) is 11.4. The van der Waals surface area contributed by atoms with Crippen molar-refractivity contribution in [2.45, 2.75) is 13.3 Å². The Balaban J connectivity index is 2.22. The number of carboxylic acids is 1. The minimum atomic E-state index is -1.51. The van der Waals surface area contributed by atoms with E-state index in [0.717, 1.165) is 22.8 Å². The zero-order chi connectivity index (χ0) is 15.4. The van der Waals surface area contributed by atoms with Crippen LogP contribution in [0.15, 0.2) is 47.5 Å². The summed E-state index contributed by atoms with van der Waals surface area (Å²) in [6.45, 7) is 2.00. The van der Waals surface area contributed by atoms with Crippen LogP contribution in [0.3, 0.4) is 0 Å². The zero-order valence-corrected chi connectivity index (χ0v) is 12.2. The van der Waals surface area contributed by atoms with Crippen molar-refractivity contribution in [3.63, 3.8) is 0 Å². The Morgan fingerprint density at radius 1 is 1.14 bits per heavy atom. The van der Waals surface area contributed by atoms with E-state index in [0.29, 0.717) is 11.3 Å². The van der Waals surface area contributed by atoms with Crippen molar-refractivity contribution in [2.24, 2.45) is 0 Å². The first-order valence-electron chi connectivity index (χ1n) is 6.27. The minimum absolute atomic E-state index is 0.448. The van der Waals surface area contributed by atoms with Crippen molar-refractivity contribution in [1.82, 2.24) is 0 Å². The molecule has 0 unspecified atom stereocenters. The van der Waals surface area contributed by atoms with Gasteiger partial charge in [-0.25, -0.2) is 4.79 Å². The molecule has 1 aromatic heterocycles. The molecule has 0 radical (unpaired) electrons. The van der Waals surface area contributed by atoms with E-state index >= 15 is 0 Å². The molecule has 21 heavy (non-hydrogen) atoms. The average Bonchev–Trinajstić information content (AvgIpc) is 2.89. The second-order valence-corrected chi connectivity index (χ2v) is 5.55. The Kier molecular flexibility index (Phi) is 4.55. The number of aliphatic hydroxyl groups is 1. The third-order valence-corrected chi connectivity index (χ3v) is 3.94. The molecule has 0 spiro atoms. The van der Waals surface area contributed by atoms with Crippen LogP contribution in [0, 0.1) is 6.92 Å². The molecule has 0 aliphatic heterocycles. The van der Waals surface area contributed by atoms with Crippen molar-refractivity contribution in [3.05, 3.63) is 69.1 Å². The lowest BCUT2D eigenvalue weighted by Crippen LogP contribution is -2.04. The first kappa shape index (κ1) is 15.0. The molecule has 1 heterocycles. The van der Waals surface area contributed by atoms with Crippen LogP contribution in [0.1, 0.15) is 26.4 Å². The van der Waals surface area contributed by atoms with E-state index in [9.17, 15) is 9.59 Å². The van der Waals surface area contributed by atoms with Crippen LogP contribution in [-0.4, -0.2) is 22.0 Å². The maximum atomic E-state index is 12.0. The fourth-order valence-electron chi connectivity index (χ4n) is 1.87. The molecule has 0 saturated carbocycles. The summed E-state index contributed by atoms with van der Waals surface area (Å²) in [5.74, 6) is -2.96.